The summed E-state index contributed by atoms with van der Waals surface area (Å²) in [4.78, 5) is 23.9. The molecule has 32 heavy (non-hydrogen) atoms. The van der Waals surface area contributed by atoms with E-state index in [9.17, 15) is 14.7 Å². The van der Waals surface area contributed by atoms with Crippen molar-refractivity contribution in [3.05, 3.63) is 95.1 Å². The zero-order valence-electron chi connectivity index (χ0n) is 18.2. The molecule has 1 N–H and O–H groups in total. The Kier molecular flexibility index (Phi) is 6.26. The minimum Gasteiger partial charge on any atom is -0.550 e. The second-order valence-electron chi connectivity index (χ2n) is 8.42. The van der Waals surface area contributed by atoms with Crippen molar-refractivity contribution in [2.45, 2.75) is 38.1 Å². The maximum Gasteiger partial charge on any atom is 0.407 e. The lowest BCUT2D eigenvalue weighted by molar-refractivity contribution is -0.306. The highest BCUT2D eigenvalue weighted by Gasteiger charge is 2.29. The Bertz CT molecular complexity index is 1080. The summed E-state index contributed by atoms with van der Waals surface area (Å²) in [6.07, 6.45) is -0.975. The number of carbonyl (C=O) groups excluding carboxylic acids is 2. The molecule has 0 saturated carbocycles. The van der Waals surface area contributed by atoms with Crippen LogP contribution in [0.15, 0.2) is 72.8 Å². The molecule has 3 aromatic carbocycles. The van der Waals surface area contributed by atoms with Crippen LogP contribution in [0.25, 0.3) is 11.1 Å². The normalized spacial score (nSPS) is 13.3. The van der Waals surface area contributed by atoms with Gasteiger partial charge in [-0.25, -0.2) is 4.79 Å². The summed E-state index contributed by atoms with van der Waals surface area (Å²) in [6.45, 7) is 4.34. The van der Waals surface area contributed by atoms with Crippen molar-refractivity contribution in [3.63, 3.8) is 0 Å². The number of rotatable bonds is 7. The van der Waals surface area contributed by atoms with E-state index in [1.807, 2.05) is 48.5 Å². The molecule has 0 aromatic heterocycles. The van der Waals surface area contributed by atoms with Crippen molar-refractivity contribution in [2.24, 2.45) is 0 Å². The monoisotopic (exact) mass is 428 g/mol. The van der Waals surface area contributed by atoms with Gasteiger partial charge in [0.25, 0.3) is 0 Å². The van der Waals surface area contributed by atoms with Crippen LogP contribution >= 0.6 is 0 Å². The van der Waals surface area contributed by atoms with E-state index >= 15 is 0 Å². The van der Waals surface area contributed by atoms with Crippen molar-refractivity contribution in [1.29, 1.82) is 0 Å². The molecule has 4 rings (SSSR count). The van der Waals surface area contributed by atoms with Crippen LogP contribution in [0.5, 0.6) is 0 Å². The predicted octanol–water partition coefficient (Wildman–Crippen LogP) is 4.53. The predicted molar refractivity (Wildman–Crippen MR) is 121 cm³/mol. The van der Waals surface area contributed by atoms with E-state index in [-0.39, 0.29) is 18.9 Å². The average Bonchev–Trinajstić information content (AvgIpc) is 3.11. The number of fused-ring (bicyclic) bond motifs is 3. The Morgan fingerprint density at radius 2 is 1.41 bits per heavy atom. The maximum atomic E-state index is 12.6. The van der Waals surface area contributed by atoms with Crippen LogP contribution in [0.4, 0.5) is 4.79 Å². The van der Waals surface area contributed by atoms with Gasteiger partial charge in [0.15, 0.2) is 0 Å². The fraction of sp³-hybridized carbons (Fsp3) is 0.259. The van der Waals surface area contributed by atoms with E-state index in [0.29, 0.717) is 11.5 Å². The van der Waals surface area contributed by atoms with Crippen LogP contribution in [0.1, 0.15) is 60.4 Å². The minimum atomic E-state index is -1.23. The average molecular weight is 429 g/mol. The Morgan fingerprint density at radius 1 is 0.875 bits per heavy atom. The van der Waals surface area contributed by atoms with Crippen molar-refractivity contribution in [1.82, 2.24) is 5.32 Å². The first-order valence-corrected chi connectivity index (χ1v) is 10.8. The number of aliphatic carboxylic acids is 1. The summed E-state index contributed by atoms with van der Waals surface area (Å²) >= 11 is 0. The number of carbonyl (C=O) groups is 2. The van der Waals surface area contributed by atoms with Gasteiger partial charge in [0, 0.05) is 18.3 Å². The number of ether oxygens (including phenoxy) is 1. The van der Waals surface area contributed by atoms with Gasteiger partial charge in [0.05, 0.1) is 6.04 Å². The smallest absolute Gasteiger partial charge is 0.407 e. The highest BCUT2D eigenvalue weighted by molar-refractivity contribution is 5.79. The van der Waals surface area contributed by atoms with E-state index in [0.717, 1.165) is 27.8 Å². The second-order valence-corrected chi connectivity index (χ2v) is 8.42. The topological polar surface area (TPSA) is 78.5 Å². The minimum absolute atomic E-state index is 0.0573. The fourth-order valence-corrected chi connectivity index (χ4v) is 4.31. The third-order valence-electron chi connectivity index (χ3n) is 6.01. The van der Waals surface area contributed by atoms with Gasteiger partial charge in [-0.15, -0.1) is 0 Å². The van der Waals surface area contributed by atoms with Gasteiger partial charge in [-0.2, -0.15) is 0 Å². The van der Waals surface area contributed by atoms with Crippen molar-refractivity contribution in [2.75, 3.05) is 6.61 Å². The highest BCUT2D eigenvalue weighted by atomic mass is 16.5. The number of hydrogen-bond donors (Lipinski definition) is 1. The SMILES string of the molecule is CC(C)c1ccc([C@@H](CC(=O)[O-])NC(=O)OCC2c3ccccc3-c3ccccc32)cc1. The van der Waals surface area contributed by atoms with E-state index < -0.39 is 18.1 Å². The third kappa shape index (κ3) is 4.52. The van der Waals surface area contributed by atoms with Gasteiger partial charge < -0.3 is 20.0 Å². The van der Waals surface area contributed by atoms with E-state index in [1.54, 1.807) is 0 Å². The quantitative estimate of drug-likeness (QED) is 0.600. The molecule has 5 heteroatoms. The first-order valence-electron chi connectivity index (χ1n) is 10.8. The zero-order valence-corrected chi connectivity index (χ0v) is 18.2. The van der Waals surface area contributed by atoms with Crippen LogP contribution in [0.2, 0.25) is 0 Å². The fourth-order valence-electron chi connectivity index (χ4n) is 4.31. The zero-order chi connectivity index (χ0) is 22.7. The molecular weight excluding hydrogens is 402 g/mol. The molecule has 0 saturated heterocycles. The highest BCUT2D eigenvalue weighted by Crippen LogP contribution is 2.44. The molecule has 0 heterocycles. The molecule has 1 amide bonds. The molecule has 164 valence electrons. The van der Waals surface area contributed by atoms with Gasteiger partial charge in [-0.3, -0.25) is 0 Å². The van der Waals surface area contributed by atoms with Gasteiger partial charge in [0.2, 0.25) is 0 Å². The van der Waals surface area contributed by atoms with Gasteiger partial charge >= 0.3 is 6.09 Å². The molecule has 1 aliphatic carbocycles. The number of amides is 1. The Balaban J connectivity index is 1.46. The molecule has 1 atom stereocenters. The van der Waals surface area contributed by atoms with Crippen molar-refractivity contribution < 1.29 is 19.4 Å². The summed E-state index contributed by atoms with van der Waals surface area (Å²) in [7, 11) is 0. The molecule has 0 bridgehead atoms. The number of alkyl carbamates (subject to hydrolysis) is 1. The second kappa shape index (κ2) is 9.27. The molecule has 0 spiro atoms. The van der Waals surface area contributed by atoms with Crippen LogP contribution in [-0.4, -0.2) is 18.7 Å². The Hall–Kier alpha value is -3.60. The number of nitrogens with one attached hydrogen (secondary N) is 1. The first kappa shape index (κ1) is 21.6. The van der Waals surface area contributed by atoms with Crippen molar-refractivity contribution in [3.8, 4) is 11.1 Å². The summed E-state index contributed by atoms with van der Waals surface area (Å²) in [5, 5.41) is 14.0. The van der Waals surface area contributed by atoms with Crippen molar-refractivity contribution >= 4 is 12.1 Å². The Morgan fingerprint density at radius 3 is 1.94 bits per heavy atom. The lowest BCUT2D eigenvalue weighted by Crippen LogP contribution is -2.35. The van der Waals surface area contributed by atoms with Gasteiger partial charge in [0.1, 0.15) is 6.61 Å². The first-order chi connectivity index (χ1) is 15.4. The third-order valence-corrected chi connectivity index (χ3v) is 6.01. The van der Waals surface area contributed by atoms with Gasteiger partial charge in [-0.1, -0.05) is 86.6 Å². The van der Waals surface area contributed by atoms with Crippen LogP contribution in [0.3, 0.4) is 0 Å². The Labute approximate surface area is 188 Å². The molecule has 0 unspecified atom stereocenters. The number of benzene rings is 3. The lowest BCUT2D eigenvalue weighted by Gasteiger charge is -2.21. The standard InChI is InChI=1S/C27H27NO4/c1-17(2)18-11-13-19(14-12-18)25(15-26(29)30)28-27(31)32-16-24-22-9-5-3-7-20(22)21-8-4-6-10-23(21)24/h3-14,17,24-25H,15-16H2,1-2H3,(H,28,31)(H,29,30)/p-1/t25-/m1/s1. The largest absolute Gasteiger partial charge is 0.550 e. The molecule has 5 nitrogen and oxygen atoms in total. The molecule has 1 aliphatic rings. The van der Waals surface area contributed by atoms with Gasteiger partial charge in [-0.05, 0) is 39.3 Å². The molecule has 0 radical (unpaired) electrons. The van der Waals surface area contributed by atoms with E-state index in [1.165, 1.54) is 0 Å². The number of carboxylic acid groups (broad SMARTS) is 1. The van der Waals surface area contributed by atoms with E-state index in [4.69, 9.17) is 4.74 Å². The lowest BCUT2D eigenvalue weighted by atomic mass is 9.97. The maximum absolute atomic E-state index is 12.6. The molecular formula is C27H26NO4-. The van der Waals surface area contributed by atoms with Crippen LogP contribution in [-0.2, 0) is 9.53 Å². The number of hydrogen-bond acceptors (Lipinski definition) is 4. The molecule has 3 aromatic rings. The molecule has 0 aliphatic heterocycles. The van der Waals surface area contributed by atoms with Crippen LogP contribution < -0.4 is 10.4 Å². The molecule has 0 fully saturated rings. The number of carboxylic acids is 1. The van der Waals surface area contributed by atoms with E-state index in [2.05, 4.69) is 43.4 Å². The summed E-state index contributed by atoms with van der Waals surface area (Å²) in [6, 6.07) is 23.1. The van der Waals surface area contributed by atoms with Crippen LogP contribution in [0, 0.1) is 0 Å². The summed E-state index contributed by atoms with van der Waals surface area (Å²) in [5.41, 5.74) is 6.39. The summed E-state index contributed by atoms with van der Waals surface area (Å²) in [5.74, 6) is -0.932. The summed E-state index contributed by atoms with van der Waals surface area (Å²) < 4.78 is 5.57.